The molecule has 33 heavy (non-hydrogen) atoms. The molecule has 1 aliphatic carbocycles. The van der Waals surface area contributed by atoms with Crippen molar-refractivity contribution < 1.29 is 27.4 Å². The number of benzene rings is 1. The Hall–Kier alpha value is -3.05. The predicted molar refractivity (Wildman–Crippen MR) is 122 cm³/mol. The van der Waals surface area contributed by atoms with Gasteiger partial charge in [-0.1, -0.05) is 18.9 Å². The van der Waals surface area contributed by atoms with Crippen LogP contribution in [0.4, 0.5) is 5.95 Å². The second kappa shape index (κ2) is 9.84. The van der Waals surface area contributed by atoms with Gasteiger partial charge in [0.05, 0.1) is 32.3 Å². The van der Waals surface area contributed by atoms with Crippen molar-refractivity contribution in [3.8, 4) is 28.8 Å². The third-order valence-corrected chi connectivity index (χ3v) is 7.17. The van der Waals surface area contributed by atoms with Gasteiger partial charge in [0.15, 0.2) is 5.76 Å². The van der Waals surface area contributed by atoms with Gasteiger partial charge in [0.25, 0.3) is 0 Å². The highest BCUT2D eigenvalue weighted by Gasteiger charge is 2.28. The van der Waals surface area contributed by atoms with Gasteiger partial charge >= 0.3 is 0 Å². The van der Waals surface area contributed by atoms with Crippen LogP contribution in [-0.2, 0) is 10.0 Å². The third kappa shape index (κ3) is 4.98. The number of aliphatic hydroxyl groups is 1. The molecule has 178 valence electrons. The molecule has 0 aliphatic heterocycles. The minimum atomic E-state index is -3.83. The number of hydrogen-bond acceptors (Lipinski definition) is 8. The lowest BCUT2D eigenvalue weighted by Crippen LogP contribution is -2.25. The summed E-state index contributed by atoms with van der Waals surface area (Å²) in [4.78, 5) is 0. The first-order chi connectivity index (χ1) is 15.9. The van der Waals surface area contributed by atoms with Crippen LogP contribution in [0.15, 0.2) is 41.0 Å². The lowest BCUT2D eigenvalue weighted by atomic mass is 9.99. The SMILES string of the molecule is COc1cccc(OC)c1-n1c(NS(=O)(=O)CC[C@H](O)C2CCCC2)nnc1-c1ccco1. The van der Waals surface area contributed by atoms with E-state index in [1.807, 2.05) is 0 Å². The van der Waals surface area contributed by atoms with Crippen molar-refractivity contribution in [2.45, 2.75) is 38.2 Å². The van der Waals surface area contributed by atoms with E-state index in [0.29, 0.717) is 22.9 Å². The van der Waals surface area contributed by atoms with E-state index < -0.39 is 16.1 Å². The van der Waals surface area contributed by atoms with E-state index in [-0.39, 0.29) is 29.9 Å². The number of aromatic nitrogens is 3. The Morgan fingerprint density at radius 2 is 1.85 bits per heavy atom. The van der Waals surface area contributed by atoms with E-state index in [9.17, 15) is 13.5 Å². The Bertz CT molecular complexity index is 1150. The average molecular weight is 477 g/mol. The number of ether oxygens (including phenoxy) is 2. The lowest BCUT2D eigenvalue weighted by molar-refractivity contribution is 0.107. The summed E-state index contributed by atoms with van der Waals surface area (Å²) in [5.74, 6) is 1.39. The molecule has 2 heterocycles. The molecule has 0 spiro atoms. The van der Waals surface area contributed by atoms with Crippen LogP contribution in [0.5, 0.6) is 11.5 Å². The van der Waals surface area contributed by atoms with Gasteiger partial charge in [-0.3, -0.25) is 9.29 Å². The van der Waals surface area contributed by atoms with E-state index in [0.717, 1.165) is 25.7 Å². The van der Waals surface area contributed by atoms with Gasteiger partial charge < -0.3 is 19.0 Å². The van der Waals surface area contributed by atoms with Crippen molar-refractivity contribution in [1.29, 1.82) is 0 Å². The Balaban J connectivity index is 1.68. The third-order valence-electron chi connectivity index (χ3n) is 5.90. The number of para-hydroxylation sites is 1. The summed E-state index contributed by atoms with van der Waals surface area (Å²) >= 11 is 0. The van der Waals surface area contributed by atoms with Crippen molar-refractivity contribution in [2.24, 2.45) is 5.92 Å². The molecule has 0 unspecified atom stereocenters. The molecule has 10 nitrogen and oxygen atoms in total. The van der Waals surface area contributed by atoms with Gasteiger partial charge in [0, 0.05) is 0 Å². The molecule has 1 aliphatic rings. The minimum Gasteiger partial charge on any atom is -0.494 e. The fraction of sp³-hybridized carbons (Fsp3) is 0.455. The molecule has 0 radical (unpaired) electrons. The summed E-state index contributed by atoms with van der Waals surface area (Å²) in [6.07, 6.45) is 5.01. The number of furan rings is 1. The molecular weight excluding hydrogens is 448 g/mol. The maximum atomic E-state index is 12.9. The molecular formula is C22H28N4O6S. The number of nitrogens with one attached hydrogen (secondary N) is 1. The standard InChI is InChI=1S/C22H28N4O6S/c1-30-17-9-5-10-18(31-2)20(17)26-21(19-11-6-13-32-19)23-24-22(26)25-33(28,29)14-12-16(27)15-7-3-4-8-15/h5-6,9-11,13,15-16,27H,3-4,7-8,12,14H2,1-2H3,(H,24,25)/t16-/m0/s1. The van der Waals surface area contributed by atoms with Crippen LogP contribution in [0.1, 0.15) is 32.1 Å². The zero-order chi connectivity index (χ0) is 23.4. The van der Waals surface area contributed by atoms with Gasteiger partial charge in [-0.05, 0) is 49.4 Å². The van der Waals surface area contributed by atoms with Gasteiger partial charge in [-0.25, -0.2) is 8.42 Å². The second-order valence-electron chi connectivity index (χ2n) is 7.99. The lowest BCUT2D eigenvalue weighted by Gasteiger charge is -2.19. The number of sulfonamides is 1. The van der Waals surface area contributed by atoms with Crippen LogP contribution in [0, 0.1) is 5.92 Å². The second-order valence-corrected chi connectivity index (χ2v) is 9.83. The van der Waals surface area contributed by atoms with Crippen molar-refractivity contribution in [3.63, 3.8) is 0 Å². The first kappa shape index (κ1) is 23.1. The summed E-state index contributed by atoms with van der Waals surface area (Å²) in [6, 6.07) is 8.59. The van der Waals surface area contributed by atoms with E-state index >= 15 is 0 Å². The van der Waals surface area contributed by atoms with E-state index in [1.165, 1.54) is 25.0 Å². The molecule has 0 saturated heterocycles. The molecule has 2 N–H and O–H groups in total. The topological polar surface area (TPSA) is 129 Å². The minimum absolute atomic E-state index is 0.0421. The summed E-state index contributed by atoms with van der Waals surface area (Å²) in [6.45, 7) is 0. The van der Waals surface area contributed by atoms with E-state index in [2.05, 4.69) is 14.9 Å². The van der Waals surface area contributed by atoms with Gasteiger partial charge in [-0.2, -0.15) is 0 Å². The van der Waals surface area contributed by atoms with Crippen molar-refractivity contribution >= 4 is 16.0 Å². The average Bonchev–Trinajstić information content (AvgIpc) is 3.58. The summed E-state index contributed by atoms with van der Waals surface area (Å²) in [5.41, 5.74) is 0.419. The molecule has 1 fully saturated rings. The smallest absolute Gasteiger partial charge is 0.243 e. The maximum absolute atomic E-state index is 12.9. The van der Waals surface area contributed by atoms with Crippen LogP contribution >= 0.6 is 0 Å². The summed E-state index contributed by atoms with van der Waals surface area (Å²) in [5, 5.41) is 18.6. The number of rotatable bonds is 10. The molecule has 3 aromatic rings. The Morgan fingerprint density at radius 3 is 2.45 bits per heavy atom. The molecule has 2 aromatic heterocycles. The molecule has 0 bridgehead atoms. The van der Waals surface area contributed by atoms with Crippen molar-refractivity contribution in [2.75, 3.05) is 24.7 Å². The zero-order valence-electron chi connectivity index (χ0n) is 18.6. The Kier molecular flexibility index (Phi) is 6.89. The molecule has 0 amide bonds. The monoisotopic (exact) mass is 476 g/mol. The predicted octanol–water partition coefficient (Wildman–Crippen LogP) is 3.23. The molecule has 1 aromatic carbocycles. The first-order valence-corrected chi connectivity index (χ1v) is 12.5. The summed E-state index contributed by atoms with van der Waals surface area (Å²) < 4.78 is 46.3. The Labute approximate surface area is 192 Å². The van der Waals surface area contributed by atoms with Crippen molar-refractivity contribution in [3.05, 3.63) is 36.6 Å². The van der Waals surface area contributed by atoms with Crippen LogP contribution in [-0.4, -0.2) is 54.4 Å². The van der Waals surface area contributed by atoms with Gasteiger partial charge in [-0.15, -0.1) is 10.2 Å². The molecule has 1 atom stereocenters. The quantitative estimate of drug-likeness (QED) is 0.456. The van der Waals surface area contributed by atoms with Gasteiger partial charge in [0.1, 0.15) is 17.2 Å². The zero-order valence-corrected chi connectivity index (χ0v) is 19.4. The summed E-state index contributed by atoms with van der Waals surface area (Å²) in [7, 11) is -0.823. The highest BCUT2D eigenvalue weighted by atomic mass is 32.2. The first-order valence-electron chi connectivity index (χ1n) is 10.8. The largest absolute Gasteiger partial charge is 0.494 e. The van der Waals surface area contributed by atoms with Gasteiger partial charge in [0.2, 0.25) is 21.8 Å². The highest BCUT2D eigenvalue weighted by Crippen LogP contribution is 2.38. The molecule has 4 rings (SSSR count). The molecule has 11 heteroatoms. The fourth-order valence-electron chi connectivity index (χ4n) is 4.22. The Morgan fingerprint density at radius 1 is 1.15 bits per heavy atom. The molecule has 1 saturated carbocycles. The fourth-order valence-corrected chi connectivity index (χ4v) is 5.29. The normalized spacial score (nSPS) is 15.5. The highest BCUT2D eigenvalue weighted by molar-refractivity contribution is 7.92. The van der Waals surface area contributed by atoms with Crippen LogP contribution in [0.3, 0.4) is 0 Å². The van der Waals surface area contributed by atoms with Crippen molar-refractivity contribution in [1.82, 2.24) is 14.8 Å². The number of nitrogens with zero attached hydrogens (tertiary/aromatic N) is 3. The number of anilines is 1. The van der Waals surface area contributed by atoms with Crippen LogP contribution in [0.25, 0.3) is 17.3 Å². The number of hydrogen-bond donors (Lipinski definition) is 2. The van der Waals surface area contributed by atoms with Crippen LogP contribution in [0.2, 0.25) is 0 Å². The maximum Gasteiger partial charge on any atom is 0.243 e. The number of methoxy groups -OCH3 is 2. The van der Waals surface area contributed by atoms with Crippen LogP contribution < -0.4 is 14.2 Å². The van der Waals surface area contributed by atoms with E-state index in [4.69, 9.17) is 13.9 Å². The number of aliphatic hydroxyl groups excluding tert-OH is 1. The van der Waals surface area contributed by atoms with E-state index in [1.54, 1.807) is 30.3 Å².